The summed E-state index contributed by atoms with van der Waals surface area (Å²) >= 11 is 0. The van der Waals surface area contributed by atoms with Crippen LogP contribution in [0.15, 0.2) is 66.2 Å². The van der Waals surface area contributed by atoms with E-state index in [2.05, 4.69) is 15.1 Å². The highest BCUT2D eigenvalue weighted by molar-refractivity contribution is 7.92. The maximum Gasteiger partial charge on any atom is 0.271 e. The molecular formula is C33H37F2N5O6S. The minimum atomic E-state index is -4.84. The molecule has 0 N–H and O–H groups in total. The highest BCUT2D eigenvalue weighted by Crippen LogP contribution is 2.38. The molecule has 1 unspecified atom stereocenters. The molecule has 14 heteroatoms. The van der Waals surface area contributed by atoms with Crippen molar-refractivity contribution in [2.24, 2.45) is 0 Å². The van der Waals surface area contributed by atoms with Gasteiger partial charge in [0, 0.05) is 54.7 Å². The zero-order valence-electron chi connectivity index (χ0n) is 26.2. The monoisotopic (exact) mass is 669 g/mol. The Labute approximate surface area is 272 Å². The van der Waals surface area contributed by atoms with Crippen LogP contribution < -0.4 is 18.5 Å². The van der Waals surface area contributed by atoms with E-state index in [1.165, 1.54) is 26.5 Å². The Morgan fingerprint density at radius 2 is 1.77 bits per heavy atom. The Hall–Kier alpha value is -4.30. The lowest BCUT2D eigenvalue weighted by atomic mass is 9.83. The van der Waals surface area contributed by atoms with Crippen molar-refractivity contribution in [1.82, 2.24) is 19.7 Å². The van der Waals surface area contributed by atoms with E-state index in [9.17, 15) is 8.42 Å². The third-order valence-corrected chi connectivity index (χ3v) is 10.4. The fourth-order valence-corrected chi connectivity index (χ4v) is 7.74. The molecule has 2 fully saturated rings. The summed E-state index contributed by atoms with van der Waals surface area (Å²) in [5.41, 5.74) is 1.39. The van der Waals surface area contributed by atoms with Gasteiger partial charge >= 0.3 is 0 Å². The van der Waals surface area contributed by atoms with E-state index in [1.54, 1.807) is 24.4 Å². The first-order valence-corrected chi connectivity index (χ1v) is 17.0. The van der Waals surface area contributed by atoms with Gasteiger partial charge in [0.1, 0.15) is 53.4 Å². The van der Waals surface area contributed by atoms with Crippen LogP contribution in [0.3, 0.4) is 0 Å². The second-order valence-corrected chi connectivity index (χ2v) is 13.4. The third-order valence-electron chi connectivity index (χ3n) is 8.64. The lowest BCUT2D eigenvalue weighted by Gasteiger charge is -2.31. The minimum Gasteiger partial charge on any atom is -0.497 e. The number of hydrogen-bond donors (Lipinski definition) is 0. The Bertz CT molecular complexity index is 1760. The zero-order valence-corrected chi connectivity index (χ0v) is 27.0. The summed E-state index contributed by atoms with van der Waals surface area (Å²) in [5.74, 6) is -1.98. The van der Waals surface area contributed by atoms with E-state index in [0.29, 0.717) is 30.1 Å². The van der Waals surface area contributed by atoms with Gasteiger partial charge in [-0.2, -0.15) is 5.10 Å². The Balaban J connectivity index is 1.28. The van der Waals surface area contributed by atoms with Crippen LogP contribution in [-0.2, 0) is 21.3 Å². The predicted octanol–water partition coefficient (Wildman–Crippen LogP) is 6.17. The summed E-state index contributed by atoms with van der Waals surface area (Å²) in [6.45, 7) is 0.358. The fraction of sp³-hybridized carbons (Fsp3) is 0.424. The summed E-state index contributed by atoms with van der Waals surface area (Å²) in [7, 11) is -1.93. The predicted molar refractivity (Wildman–Crippen MR) is 168 cm³/mol. The summed E-state index contributed by atoms with van der Waals surface area (Å²) in [6, 6.07) is 8.01. The Kier molecular flexibility index (Phi) is 9.87. The molecule has 0 bridgehead atoms. The number of nitrogens with zero attached hydrogens (tertiary/aromatic N) is 5. The van der Waals surface area contributed by atoms with Gasteiger partial charge in [0.25, 0.3) is 10.0 Å². The Morgan fingerprint density at radius 3 is 2.47 bits per heavy atom. The smallest absolute Gasteiger partial charge is 0.271 e. The maximum atomic E-state index is 15.8. The normalized spacial score (nSPS) is 20.0. The van der Waals surface area contributed by atoms with Gasteiger partial charge in [-0.05, 0) is 56.2 Å². The van der Waals surface area contributed by atoms with E-state index < -0.39 is 26.6 Å². The van der Waals surface area contributed by atoms with Crippen LogP contribution in [0.2, 0.25) is 0 Å². The maximum absolute atomic E-state index is 15.8. The van der Waals surface area contributed by atoms with Crippen molar-refractivity contribution in [1.29, 1.82) is 0 Å². The minimum absolute atomic E-state index is 0.0524. The number of ether oxygens (including phenoxy) is 4. The molecule has 1 saturated heterocycles. The molecule has 2 aromatic carbocycles. The van der Waals surface area contributed by atoms with Crippen LogP contribution in [0.4, 0.5) is 14.6 Å². The molecule has 3 atom stereocenters. The first-order valence-electron chi connectivity index (χ1n) is 15.6. The van der Waals surface area contributed by atoms with Crippen molar-refractivity contribution >= 4 is 15.8 Å². The summed E-state index contributed by atoms with van der Waals surface area (Å²) in [4.78, 5) is 6.80. The van der Waals surface area contributed by atoms with Crippen LogP contribution in [0.1, 0.15) is 68.2 Å². The van der Waals surface area contributed by atoms with Crippen LogP contribution >= 0.6 is 0 Å². The van der Waals surface area contributed by atoms with Crippen molar-refractivity contribution in [2.45, 2.75) is 74.6 Å². The lowest BCUT2D eigenvalue weighted by Crippen LogP contribution is -2.33. The molecule has 47 heavy (non-hydrogen) atoms. The molecule has 11 nitrogen and oxygen atoms in total. The van der Waals surface area contributed by atoms with Crippen molar-refractivity contribution in [2.75, 3.05) is 25.1 Å². The number of hydrogen-bond acceptors (Lipinski definition) is 9. The van der Waals surface area contributed by atoms with Gasteiger partial charge in [0.2, 0.25) is 0 Å². The molecule has 250 valence electrons. The second kappa shape index (κ2) is 14.2. The average Bonchev–Trinajstić information content (AvgIpc) is 3.58. The van der Waals surface area contributed by atoms with E-state index in [1.807, 2.05) is 10.9 Å². The van der Waals surface area contributed by atoms with Gasteiger partial charge in [0.05, 0.1) is 27.0 Å². The van der Waals surface area contributed by atoms with E-state index >= 15 is 8.78 Å². The van der Waals surface area contributed by atoms with Crippen molar-refractivity contribution in [3.63, 3.8) is 0 Å². The molecule has 2 aromatic heterocycles. The standard InChI is InChI=1S/C33H37F2N5O6S/c1-43-24-11-10-22(30(17-24)44-2)20-40(31-12-13-36-21-37-31)47(41,42)33-27(34)15-25(16-28(33)35)46-29-8-4-3-7-26(29)23-18-38-39(19-23)32-9-5-6-14-45-32/h10-13,15-19,21,26,29,32H,3-9,14,20H2,1-2H3/t26-,29+,32?/m1/s1. The van der Waals surface area contributed by atoms with Gasteiger partial charge in [-0.3, -0.25) is 0 Å². The van der Waals surface area contributed by atoms with Crippen LogP contribution in [0.5, 0.6) is 17.2 Å². The molecule has 1 aliphatic heterocycles. The quantitative estimate of drug-likeness (QED) is 0.185. The number of rotatable bonds is 11. The first kappa shape index (κ1) is 32.6. The number of anilines is 1. The van der Waals surface area contributed by atoms with Crippen molar-refractivity contribution < 1.29 is 36.1 Å². The number of methoxy groups -OCH3 is 2. The molecule has 3 heterocycles. The molecule has 6 rings (SSSR count). The molecule has 1 aliphatic carbocycles. The molecular weight excluding hydrogens is 632 g/mol. The SMILES string of the molecule is COc1ccc(CN(c2ccncn2)S(=O)(=O)c2c(F)cc(O[C@H]3CCCC[C@@H]3c3cnn(C4CCCCO4)c3)cc2F)c(OC)c1. The van der Waals surface area contributed by atoms with Crippen molar-refractivity contribution in [3.8, 4) is 17.2 Å². The van der Waals surface area contributed by atoms with E-state index in [0.717, 1.165) is 66.9 Å². The highest BCUT2D eigenvalue weighted by atomic mass is 32.2. The summed E-state index contributed by atoms with van der Waals surface area (Å²) < 4.78 is 85.1. The molecule has 0 radical (unpaired) electrons. The second-order valence-electron chi connectivity index (χ2n) is 11.6. The van der Waals surface area contributed by atoms with E-state index in [-0.39, 0.29) is 36.4 Å². The van der Waals surface area contributed by atoms with Crippen molar-refractivity contribution in [3.05, 3.63) is 84.1 Å². The Morgan fingerprint density at radius 1 is 0.979 bits per heavy atom. The van der Waals surface area contributed by atoms with Gasteiger partial charge in [-0.1, -0.05) is 6.42 Å². The van der Waals surface area contributed by atoms with Gasteiger partial charge in [-0.25, -0.2) is 36.2 Å². The molecule has 4 aromatic rings. The average molecular weight is 670 g/mol. The molecule has 0 spiro atoms. The summed E-state index contributed by atoms with van der Waals surface area (Å²) in [5, 5.41) is 4.54. The topological polar surface area (TPSA) is 118 Å². The van der Waals surface area contributed by atoms with Gasteiger partial charge in [-0.15, -0.1) is 0 Å². The fourth-order valence-electron chi connectivity index (χ4n) is 6.25. The summed E-state index contributed by atoms with van der Waals surface area (Å²) in [6.07, 6.45) is 12.1. The molecule has 2 aliphatic rings. The lowest BCUT2D eigenvalue weighted by molar-refractivity contribution is -0.0395. The van der Waals surface area contributed by atoms with E-state index in [4.69, 9.17) is 18.9 Å². The number of halogens is 2. The van der Waals surface area contributed by atoms with Crippen LogP contribution in [0, 0.1) is 11.6 Å². The first-order chi connectivity index (χ1) is 22.8. The highest BCUT2D eigenvalue weighted by Gasteiger charge is 2.35. The largest absolute Gasteiger partial charge is 0.497 e. The van der Waals surface area contributed by atoms with Gasteiger partial charge < -0.3 is 18.9 Å². The van der Waals surface area contributed by atoms with Crippen LogP contribution in [-0.4, -0.2) is 55.1 Å². The van der Waals surface area contributed by atoms with Crippen LogP contribution in [0.25, 0.3) is 0 Å². The van der Waals surface area contributed by atoms with Gasteiger partial charge in [0.15, 0.2) is 4.90 Å². The number of benzene rings is 2. The number of sulfonamides is 1. The number of aromatic nitrogens is 4. The zero-order chi connectivity index (χ0) is 33.0. The third kappa shape index (κ3) is 7.03. The molecule has 0 amide bonds. The molecule has 1 saturated carbocycles.